The van der Waals surface area contributed by atoms with Crippen molar-refractivity contribution in [2.24, 2.45) is 0 Å². The van der Waals surface area contributed by atoms with Crippen molar-refractivity contribution in [3.05, 3.63) is 77.5 Å². The first-order chi connectivity index (χ1) is 15.6. The van der Waals surface area contributed by atoms with E-state index in [1.807, 2.05) is 36.4 Å². The number of carbonyl (C=O) groups is 2. The van der Waals surface area contributed by atoms with Crippen molar-refractivity contribution < 1.29 is 19.1 Å². The molecule has 2 aromatic carbocycles. The van der Waals surface area contributed by atoms with E-state index in [9.17, 15) is 9.59 Å². The second-order valence-corrected chi connectivity index (χ2v) is 8.82. The molecular formula is C26H28N2O4. The summed E-state index contributed by atoms with van der Waals surface area (Å²) in [6, 6.07) is 15.3. The van der Waals surface area contributed by atoms with Crippen LogP contribution in [0.2, 0.25) is 0 Å². The van der Waals surface area contributed by atoms with Gasteiger partial charge < -0.3 is 19.7 Å². The zero-order valence-electron chi connectivity index (χ0n) is 18.1. The van der Waals surface area contributed by atoms with Crippen molar-refractivity contribution >= 4 is 11.8 Å². The number of nitrogens with one attached hydrogen (secondary N) is 1. The molecule has 1 aliphatic carbocycles. The third-order valence-electron chi connectivity index (χ3n) is 6.59. The Labute approximate surface area is 188 Å². The fourth-order valence-corrected chi connectivity index (χ4v) is 4.87. The summed E-state index contributed by atoms with van der Waals surface area (Å²) in [5, 5.41) is 2.78. The number of hydrogen-bond donors (Lipinski definition) is 1. The van der Waals surface area contributed by atoms with Crippen molar-refractivity contribution in [1.29, 1.82) is 0 Å². The van der Waals surface area contributed by atoms with Gasteiger partial charge in [0.1, 0.15) is 17.9 Å². The molecule has 2 heterocycles. The van der Waals surface area contributed by atoms with E-state index in [0.717, 1.165) is 36.1 Å². The summed E-state index contributed by atoms with van der Waals surface area (Å²) in [6.07, 6.45) is 4.36. The largest absolute Gasteiger partial charge is 0.488 e. The van der Waals surface area contributed by atoms with Crippen LogP contribution >= 0.6 is 0 Å². The molecule has 166 valence electrons. The van der Waals surface area contributed by atoms with Crippen LogP contribution in [0.3, 0.4) is 0 Å². The third kappa shape index (κ3) is 4.15. The Bertz CT molecular complexity index is 1040. The number of allylic oxidation sites excluding steroid dienone is 1. The second kappa shape index (κ2) is 8.79. The van der Waals surface area contributed by atoms with Crippen LogP contribution in [0.15, 0.2) is 60.8 Å². The lowest BCUT2D eigenvalue weighted by molar-refractivity contribution is -0.126. The summed E-state index contributed by atoms with van der Waals surface area (Å²) in [4.78, 5) is 27.0. The van der Waals surface area contributed by atoms with E-state index in [2.05, 4.69) is 24.0 Å². The first-order valence-electron chi connectivity index (χ1n) is 11.3. The highest BCUT2D eigenvalue weighted by molar-refractivity contribution is 6.01. The van der Waals surface area contributed by atoms with Gasteiger partial charge in [0.2, 0.25) is 5.91 Å². The lowest BCUT2D eigenvalue weighted by Crippen LogP contribution is -2.49. The van der Waals surface area contributed by atoms with Crippen LogP contribution in [0, 0.1) is 0 Å². The normalized spacial score (nSPS) is 25.1. The molecule has 6 heteroatoms. The highest BCUT2D eigenvalue weighted by Gasteiger charge is 2.38. The van der Waals surface area contributed by atoms with Crippen LogP contribution < -0.4 is 10.1 Å². The molecule has 1 saturated heterocycles. The highest BCUT2D eigenvalue weighted by atomic mass is 16.5. The zero-order valence-corrected chi connectivity index (χ0v) is 18.1. The maximum atomic E-state index is 12.9. The standard InChI is InChI=1S/C26H28N2O4/c1-17-10-13-22(25(29)27-17)28-15-19-14-20(11-12-21(19)26(28)30)32-24-9-5-8-23(24)31-16-18-6-3-2-4-7-18/h2-4,6-7,11-12,14,22-24H,1,5,8-10,13,15-16H2,(H,27,29). The van der Waals surface area contributed by atoms with Gasteiger partial charge in [0, 0.05) is 17.8 Å². The van der Waals surface area contributed by atoms with Crippen molar-refractivity contribution in [2.45, 2.75) is 63.5 Å². The van der Waals surface area contributed by atoms with Gasteiger partial charge in [-0.1, -0.05) is 36.9 Å². The van der Waals surface area contributed by atoms with Crippen molar-refractivity contribution in [2.75, 3.05) is 0 Å². The van der Waals surface area contributed by atoms with Gasteiger partial charge in [0.05, 0.1) is 12.7 Å². The Morgan fingerprint density at radius 1 is 1.03 bits per heavy atom. The Morgan fingerprint density at radius 2 is 1.84 bits per heavy atom. The Hall–Kier alpha value is -3.12. The molecule has 3 atom stereocenters. The van der Waals surface area contributed by atoms with Crippen LogP contribution in [0.1, 0.15) is 53.6 Å². The second-order valence-electron chi connectivity index (χ2n) is 8.82. The van der Waals surface area contributed by atoms with Gasteiger partial charge in [-0.05, 0) is 61.4 Å². The fourth-order valence-electron chi connectivity index (χ4n) is 4.87. The molecule has 1 saturated carbocycles. The predicted molar refractivity (Wildman–Crippen MR) is 120 cm³/mol. The summed E-state index contributed by atoms with van der Waals surface area (Å²) < 4.78 is 12.5. The number of ether oxygens (including phenoxy) is 2. The van der Waals surface area contributed by atoms with E-state index in [-0.39, 0.29) is 24.0 Å². The van der Waals surface area contributed by atoms with E-state index < -0.39 is 6.04 Å². The molecule has 32 heavy (non-hydrogen) atoms. The van der Waals surface area contributed by atoms with Crippen LogP contribution in [-0.2, 0) is 22.7 Å². The summed E-state index contributed by atoms with van der Waals surface area (Å²) in [5.74, 6) is 0.507. The quantitative estimate of drug-likeness (QED) is 0.751. The minimum Gasteiger partial charge on any atom is -0.488 e. The van der Waals surface area contributed by atoms with Gasteiger partial charge >= 0.3 is 0 Å². The molecule has 3 unspecified atom stereocenters. The first kappa shape index (κ1) is 20.8. The van der Waals surface area contributed by atoms with E-state index in [0.29, 0.717) is 37.3 Å². The Kier molecular flexibility index (Phi) is 5.70. The number of fused-ring (bicyclic) bond motifs is 1. The summed E-state index contributed by atoms with van der Waals surface area (Å²) in [7, 11) is 0. The van der Waals surface area contributed by atoms with Gasteiger partial charge in [0.15, 0.2) is 0 Å². The number of amides is 2. The Morgan fingerprint density at radius 3 is 2.66 bits per heavy atom. The predicted octanol–water partition coefficient (Wildman–Crippen LogP) is 3.95. The number of rotatable bonds is 6. The summed E-state index contributed by atoms with van der Waals surface area (Å²) in [5.41, 5.74) is 3.43. The van der Waals surface area contributed by atoms with Gasteiger partial charge in [-0.2, -0.15) is 0 Å². The Balaban J connectivity index is 1.24. The van der Waals surface area contributed by atoms with Crippen LogP contribution in [0.25, 0.3) is 0 Å². The molecule has 0 bridgehead atoms. The minimum absolute atomic E-state index is 0.0000968. The SMILES string of the molecule is C=C1CCC(N2Cc3cc(OC4CCCC4OCc4ccccc4)ccc3C2=O)C(=O)N1. The highest BCUT2D eigenvalue weighted by Crippen LogP contribution is 2.33. The average molecular weight is 433 g/mol. The first-order valence-corrected chi connectivity index (χ1v) is 11.3. The molecule has 2 aromatic rings. The minimum atomic E-state index is -0.449. The molecule has 0 radical (unpaired) electrons. The van der Waals surface area contributed by atoms with E-state index >= 15 is 0 Å². The number of piperidine rings is 1. The number of benzene rings is 2. The monoisotopic (exact) mass is 432 g/mol. The number of carbonyl (C=O) groups excluding carboxylic acids is 2. The fraction of sp³-hybridized carbons (Fsp3) is 0.385. The summed E-state index contributed by atoms with van der Waals surface area (Å²) >= 11 is 0. The van der Waals surface area contributed by atoms with E-state index in [1.165, 1.54) is 0 Å². The molecule has 2 aliphatic heterocycles. The molecule has 2 fully saturated rings. The molecule has 5 rings (SSSR count). The molecule has 3 aliphatic rings. The van der Waals surface area contributed by atoms with E-state index in [4.69, 9.17) is 9.47 Å². The van der Waals surface area contributed by atoms with Gasteiger partial charge in [-0.3, -0.25) is 9.59 Å². The number of hydrogen-bond acceptors (Lipinski definition) is 4. The van der Waals surface area contributed by atoms with Crippen molar-refractivity contribution in [3.8, 4) is 5.75 Å². The topological polar surface area (TPSA) is 67.9 Å². The molecular weight excluding hydrogens is 404 g/mol. The smallest absolute Gasteiger partial charge is 0.255 e. The zero-order chi connectivity index (χ0) is 22.1. The molecule has 6 nitrogen and oxygen atoms in total. The third-order valence-corrected chi connectivity index (χ3v) is 6.59. The van der Waals surface area contributed by atoms with Crippen LogP contribution in [0.5, 0.6) is 5.75 Å². The van der Waals surface area contributed by atoms with Gasteiger partial charge in [-0.25, -0.2) is 0 Å². The van der Waals surface area contributed by atoms with Gasteiger partial charge in [0.25, 0.3) is 5.91 Å². The number of nitrogens with zero attached hydrogens (tertiary/aromatic N) is 1. The maximum absolute atomic E-state index is 12.9. The maximum Gasteiger partial charge on any atom is 0.255 e. The molecule has 2 amide bonds. The van der Waals surface area contributed by atoms with Crippen molar-refractivity contribution in [1.82, 2.24) is 10.2 Å². The average Bonchev–Trinajstić information content (AvgIpc) is 3.37. The van der Waals surface area contributed by atoms with E-state index in [1.54, 1.807) is 4.90 Å². The lowest BCUT2D eigenvalue weighted by atomic mass is 10.0. The van der Waals surface area contributed by atoms with Crippen molar-refractivity contribution in [3.63, 3.8) is 0 Å². The molecule has 0 spiro atoms. The van der Waals surface area contributed by atoms with Gasteiger partial charge in [-0.15, -0.1) is 0 Å². The van der Waals surface area contributed by atoms with Crippen LogP contribution in [0.4, 0.5) is 0 Å². The summed E-state index contributed by atoms with van der Waals surface area (Å²) in [6.45, 7) is 4.82. The lowest BCUT2D eigenvalue weighted by Gasteiger charge is -2.30. The molecule has 0 aromatic heterocycles. The molecule has 1 N–H and O–H groups in total. The van der Waals surface area contributed by atoms with Crippen LogP contribution in [-0.4, -0.2) is 35.0 Å².